The zero-order valence-electron chi connectivity index (χ0n) is 20.9. The van der Waals surface area contributed by atoms with Crippen molar-refractivity contribution in [1.29, 1.82) is 0 Å². The summed E-state index contributed by atoms with van der Waals surface area (Å²) in [5.41, 5.74) is -0.0245. The van der Waals surface area contributed by atoms with Crippen molar-refractivity contribution in [2.75, 3.05) is 0 Å². The lowest BCUT2D eigenvalue weighted by Gasteiger charge is -2.25. The van der Waals surface area contributed by atoms with Crippen LogP contribution in [0.15, 0.2) is 58.4 Å². The fourth-order valence-electron chi connectivity index (χ4n) is 4.47. The van der Waals surface area contributed by atoms with Crippen LogP contribution in [0.4, 0.5) is 26.3 Å². The van der Waals surface area contributed by atoms with Crippen molar-refractivity contribution in [3.05, 3.63) is 71.9 Å². The molecule has 0 radical (unpaired) electrons. The number of aromatic nitrogens is 3. The van der Waals surface area contributed by atoms with Crippen LogP contribution in [0.5, 0.6) is 0 Å². The normalized spacial score (nSPS) is 20.0. The minimum absolute atomic E-state index is 0.00760. The molecule has 5 rings (SSSR count). The molecule has 1 N–H and O–H groups in total. The van der Waals surface area contributed by atoms with E-state index in [0.717, 1.165) is 42.9 Å². The third-order valence-corrected chi connectivity index (χ3v) is 8.41. The summed E-state index contributed by atoms with van der Waals surface area (Å²) < 4.78 is 114. The number of pyridine rings is 1. The maximum atomic E-state index is 14.7. The van der Waals surface area contributed by atoms with Crippen LogP contribution >= 0.6 is 0 Å². The number of carbonyl (C=O) groups is 1. The average Bonchev–Trinajstić information content (AvgIpc) is 3.48. The second-order valence-electron chi connectivity index (χ2n) is 9.26. The minimum Gasteiger partial charge on any atom is -0.443 e. The number of fused-ring (bicyclic) bond motifs is 1. The third-order valence-electron chi connectivity index (χ3n) is 6.56. The molecule has 0 unspecified atom stereocenters. The van der Waals surface area contributed by atoms with Gasteiger partial charge in [0.1, 0.15) is 29.4 Å². The number of nitrogens with zero attached hydrogens (tertiary/aromatic N) is 4. The largest absolute Gasteiger partial charge is 0.451 e. The van der Waals surface area contributed by atoms with E-state index in [4.69, 9.17) is 4.42 Å². The number of benzene rings is 1. The fourth-order valence-corrected chi connectivity index (χ4v) is 6.23. The first-order valence-corrected chi connectivity index (χ1v) is 13.4. The number of sulfonamides is 1. The number of amides is 1. The number of carbonyl (C=O) groups excluding carboxylic acids is 1. The monoisotopic (exact) mass is 599 g/mol. The zero-order valence-corrected chi connectivity index (χ0v) is 21.7. The second-order valence-corrected chi connectivity index (χ2v) is 11.0. The van der Waals surface area contributed by atoms with E-state index in [1.807, 2.05) is 0 Å². The Morgan fingerprint density at radius 2 is 1.80 bits per heavy atom. The Morgan fingerprint density at radius 3 is 2.49 bits per heavy atom. The highest BCUT2D eigenvalue weighted by molar-refractivity contribution is 7.89. The molecule has 4 heterocycles. The molecule has 0 saturated carbocycles. The van der Waals surface area contributed by atoms with E-state index in [9.17, 15) is 39.6 Å². The minimum atomic E-state index is -4.76. The van der Waals surface area contributed by atoms with Gasteiger partial charge in [-0.15, -0.1) is 0 Å². The quantitative estimate of drug-likeness (QED) is 0.327. The van der Waals surface area contributed by atoms with Crippen molar-refractivity contribution in [2.45, 2.75) is 49.4 Å². The summed E-state index contributed by atoms with van der Waals surface area (Å²) >= 11 is 0. The number of nitrogens with one attached hydrogen (secondary N) is 1. The molecule has 1 saturated heterocycles. The molecule has 0 bridgehead atoms. The van der Waals surface area contributed by atoms with Gasteiger partial charge in [0, 0.05) is 47.9 Å². The summed E-state index contributed by atoms with van der Waals surface area (Å²) in [6.07, 6.45) is -4.47. The van der Waals surface area contributed by atoms with Crippen LogP contribution in [0, 0.1) is 11.6 Å². The predicted molar refractivity (Wildman–Crippen MR) is 130 cm³/mol. The fraction of sp³-hybridized carbons (Fsp3) is 0.280. The maximum Gasteiger partial charge on any atom is 0.451 e. The van der Waals surface area contributed by atoms with Gasteiger partial charge in [-0.3, -0.25) is 9.78 Å². The molecule has 0 spiro atoms. The Hall–Kier alpha value is -4.05. The van der Waals surface area contributed by atoms with E-state index >= 15 is 0 Å². The molecule has 4 aromatic rings. The summed E-state index contributed by atoms with van der Waals surface area (Å²) in [5, 5.41) is 1.92. The SMILES string of the molecule is C[C@H]1[C@H](F)C[C@@H](C(=O)NCc2cc(-c3cnc(C(F)(F)F)nc3)ncc2F)N1S(=O)(=O)c1cc2cc(F)ccc2o1. The Labute approximate surface area is 228 Å². The first kappa shape index (κ1) is 28.5. The van der Waals surface area contributed by atoms with Crippen LogP contribution in [-0.2, 0) is 27.5 Å². The second kappa shape index (κ2) is 10.4. The number of furan rings is 1. The lowest BCUT2D eigenvalue weighted by Crippen LogP contribution is -2.48. The molecule has 9 nitrogen and oxygen atoms in total. The van der Waals surface area contributed by atoms with E-state index in [-0.39, 0.29) is 27.8 Å². The molecule has 1 aromatic carbocycles. The lowest BCUT2D eigenvalue weighted by atomic mass is 10.1. The standard InChI is InChI=1S/C25H19F6N5O4S/c1-12-17(27)7-20(36(12)41(38,39)22-6-13-4-16(26)2-3-21(13)40-22)23(37)33-8-14-5-19(32-11-18(14)28)15-9-34-24(35-10-15)25(29,30)31/h2-6,9-12,17,20H,7-8H2,1H3,(H,33,37)/t12-,17+,20-/m0/s1. The highest BCUT2D eigenvalue weighted by Crippen LogP contribution is 2.35. The summed E-state index contributed by atoms with van der Waals surface area (Å²) in [6.45, 7) is 0.792. The van der Waals surface area contributed by atoms with Crippen LogP contribution in [0.1, 0.15) is 24.7 Å². The molecule has 1 fully saturated rings. The van der Waals surface area contributed by atoms with Crippen molar-refractivity contribution in [3.63, 3.8) is 0 Å². The molecule has 3 atom stereocenters. The van der Waals surface area contributed by atoms with Crippen molar-refractivity contribution in [1.82, 2.24) is 24.6 Å². The number of alkyl halides is 4. The molecular weight excluding hydrogens is 580 g/mol. The lowest BCUT2D eigenvalue weighted by molar-refractivity contribution is -0.145. The Kier molecular flexibility index (Phi) is 7.23. The molecule has 216 valence electrons. The number of halogens is 6. The molecule has 1 aliphatic heterocycles. The summed E-state index contributed by atoms with van der Waals surface area (Å²) in [7, 11) is -4.57. The van der Waals surface area contributed by atoms with Crippen LogP contribution < -0.4 is 5.32 Å². The topological polar surface area (TPSA) is 118 Å². The Morgan fingerprint density at radius 1 is 1.10 bits per heavy atom. The van der Waals surface area contributed by atoms with Gasteiger partial charge < -0.3 is 9.73 Å². The smallest absolute Gasteiger partial charge is 0.443 e. The highest BCUT2D eigenvalue weighted by atomic mass is 32.2. The summed E-state index contributed by atoms with van der Waals surface area (Å²) in [6, 6.07) is 2.80. The van der Waals surface area contributed by atoms with Gasteiger partial charge in [-0.1, -0.05) is 0 Å². The molecule has 1 aliphatic rings. The Bertz CT molecular complexity index is 1730. The zero-order chi connectivity index (χ0) is 29.7. The van der Waals surface area contributed by atoms with Crippen molar-refractivity contribution < 1.29 is 44.0 Å². The van der Waals surface area contributed by atoms with Gasteiger partial charge in [0.15, 0.2) is 0 Å². The van der Waals surface area contributed by atoms with Crippen LogP contribution in [0.3, 0.4) is 0 Å². The van der Waals surface area contributed by atoms with Gasteiger partial charge in [-0.2, -0.15) is 17.5 Å². The van der Waals surface area contributed by atoms with Crippen LogP contribution in [0.25, 0.3) is 22.2 Å². The van der Waals surface area contributed by atoms with Crippen LogP contribution in [0.2, 0.25) is 0 Å². The average molecular weight is 600 g/mol. The van der Waals surface area contributed by atoms with E-state index < -0.39 is 75.9 Å². The number of hydrogen-bond acceptors (Lipinski definition) is 7. The van der Waals surface area contributed by atoms with Crippen molar-refractivity contribution in [3.8, 4) is 11.3 Å². The molecule has 3 aromatic heterocycles. The maximum absolute atomic E-state index is 14.7. The van der Waals surface area contributed by atoms with Crippen molar-refractivity contribution >= 4 is 26.9 Å². The Balaban J connectivity index is 1.36. The summed E-state index contributed by atoms with van der Waals surface area (Å²) in [5.74, 6) is -3.81. The number of rotatable bonds is 6. The van der Waals surface area contributed by atoms with E-state index in [0.29, 0.717) is 4.31 Å². The van der Waals surface area contributed by atoms with Gasteiger partial charge >= 0.3 is 6.18 Å². The van der Waals surface area contributed by atoms with Gasteiger partial charge in [-0.05, 0) is 31.2 Å². The highest BCUT2D eigenvalue weighted by Gasteiger charge is 2.50. The van der Waals surface area contributed by atoms with Gasteiger partial charge in [0.2, 0.25) is 16.8 Å². The van der Waals surface area contributed by atoms with E-state index in [2.05, 4.69) is 20.3 Å². The predicted octanol–water partition coefficient (Wildman–Crippen LogP) is 4.39. The summed E-state index contributed by atoms with van der Waals surface area (Å²) in [4.78, 5) is 23.4. The van der Waals surface area contributed by atoms with E-state index in [1.165, 1.54) is 13.0 Å². The third kappa shape index (κ3) is 5.48. The molecule has 16 heteroatoms. The molecule has 1 amide bonds. The van der Waals surface area contributed by atoms with Crippen molar-refractivity contribution in [2.24, 2.45) is 0 Å². The number of hydrogen-bond donors (Lipinski definition) is 1. The molecular formula is C25H19F6N5O4S. The van der Waals surface area contributed by atoms with E-state index in [1.54, 1.807) is 0 Å². The molecule has 0 aliphatic carbocycles. The first-order chi connectivity index (χ1) is 19.3. The van der Waals surface area contributed by atoms with Gasteiger partial charge in [-0.25, -0.2) is 31.6 Å². The van der Waals surface area contributed by atoms with Gasteiger partial charge in [0.25, 0.3) is 10.0 Å². The van der Waals surface area contributed by atoms with Crippen LogP contribution in [-0.4, -0.2) is 51.8 Å². The molecule has 41 heavy (non-hydrogen) atoms. The first-order valence-electron chi connectivity index (χ1n) is 11.9. The van der Waals surface area contributed by atoms with Gasteiger partial charge in [0.05, 0.1) is 17.9 Å².